The fraction of sp³-hybridized carbons (Fsp3) is 0.690. The molecule has 0 bridgehead atoms. The first kappa shape index (κ1) is 26.4. The van der Waals surface area contributed by atoms with E-state index in [1.165, 1.54) is 25.7 Å². The highest BCUT2D eigenvalue weighted by molar-refractivity contribution is 5.88. The Labute approximate surface area is 205 Å². The lowest BCUT2D eigenvalue weighted by Crippen LogP contribution is -2.50. The lowest BCUT2D eigenvalue weighted by atomic mass is 9.71. The van der Waals surface area contributed by atoms with Crippen LogP contribution < -0.4 is 5.32 Å². The smallest absolute Gasteiger partial charge is 0.320 e. The van der Waals surface area contributed by atoms with Crippen molar-refractivity contribution < 1.29 is 14.3 Å². The fourth-order valence-electron chi connectivity index (χ4n) is 5.77. The number of carbonyl (C=O) groups excluding carboxylic acids is 2. The van der Waals surface area contributed by atoms with Gasteiger partial charge in [0.05, 0.1) is 24.2 Å². The summed E-state index contributed by atoms with van der Waals surface area (Å²) < 4.78 is 5.51. The van der Waals surface area contributed by atoms with Crippen LogP contribution in [-0.4, -0.2) is 29.9 Å². The molecule has 34 heavy (non-hydrogen) atoms. The minimum Gasteiger partial charge on any atom is -0.459 e. The largest absolute Gasteiger partial charge is 0.459 e. The van der Waals surface area contributed by atoms with E-state index in [0.29, 0.717) is 17.9 Å². The standard InChI is InChI=1S/C29H42N2O3/c1-29(2,3)34-26(32)20-31-27(24-12-8-5-9-13-24)28(33)25(23-10-6-4-7-11-23)18-21-14-16-22(19-30)17-15-21/h14-17,23-25,27,31H,4-13,18,20H2,1-3H3. The topological polar surface area (TPSA) is 79.2 Å². The maximum absolute atomic E-state index is 14.2. The molecule has 0 spiro atoms. The van der Waals surface area contributed by atoms with Crippen LogP contribution in [0.15, 0.2) is 24.3 Å². The Kier molecular flexibility index (Phi) is 9.71. The molecular weight excluding hydrogens is 424 g/mol. The minimum atomic E-state index is -0.538. The SMILES string of the molecule is CC(C)(C)OC(=O)CNC(C(=O)C(Cc1ccc(C#N)cc1)C1CCCCC1)C1CCCCC1. The van der Waals surface area contributed by atoms with Gasteiger partial charge in [0.1, 0.15) is 5.60 Å². The van der Waals surface area contributed by atoms with Crippen molar-refractivity contribution in [3.63, 3.8) is 0 Å². The lowest BCUT2D eigenvalue weighted by molar-refractivity contribution is -0.153. The Balaban J connectivity index is 1.80. The number of ketones is 1. The summed E-state index contributed by atoms with van der Waals surface area (Å²) in [5.74, 6) is 0.558. The molecule has 2 fully saturated rings. The van der Waals surface area contributed by atoms with Gasteiger partial charge < -0.3 is 4.74 Å². The van der Waals surface area contributed by atoms with E-state index >= 15 is 0 Å². The first-order valence-electron chi connectivity index (χ1n) is 13.2. The normalized spacial score (nSPS) is 19.7. The number of Topliss-reactive ketones (excluding diaryl/α,β-unsaturated/α-hetero) is 1. The van der Waals surface area contributed by atoms with Gasteiger partial charge in [-0.1, -0.05) is 50.7 Å². The Hall–Kier alpha value is -2.19. The van der Waals surface area contributed by atoms with E-state index in [0.717, 1.165) is 44.1 Å². The third-order valence-electron chi connectivity index (χ3n) is 7.44. The van der Waals surface area contributed by atoms with Crippen LogP contribution >= 0.6 is 0 Å². The van der Waals surface area contributed by atoms with Gasteiger partial charge in [-0.05, 0) is 82.4 Å². The molecule has 2 aliphatic carbocycles. The van der Waals surface area contributed by atoms with E-state index < -0.39 is 5.60 Å². The summed E-state index contributed by atoms with van der Waals surface area (Å²) in [4.78, 5) is 26.7. The van der Waals surface area contributed by atoms with Crippen molar-refractivity contribution in [2.24, 2.45) is 17.8 Å². The zero-order valence-corrected chi connectivity index (χ0v) is 21.3. The molecule has 2 aliphatic rings. The molecule has 5 nitrogen and oxygen atoms in total. The molecular formula is C29H42N2O3. The van der Waals surface area contributed by atoms with E-state index in [1.807, 2.05) is 45.0 Å². The summed E-state index contributed by atoms with van der Waals surface area (Å²) in [7, 11) is 0. The van der Waals surface area contributed by atoms with Crippen LogP contribution in [0.25, 0.3) is 0 Å². The number of nitrogens with zero attached hydrogens (tertiary/aromatic N) is 1. The predicted octanol–water partition coefficient (Wildman–Crippen LogP) is 5.75. The van der Waals surface area contributed by atoms with Gasteiger partial charge in [0.25, 0.3) is 0 Å². The molecule has 186 valence electrons. The number of benzene rings is 1. The van der Waals surface area contributed by atoms with Crippen molar-refractivity contribution in [1.82, 2.24) is 5.32 Å². The molecule has 1 N–H and O–H groups in total. The third kappa shape index (κ3) is 7.94. The molecule has 1 aromatic carbocycles. The summed E-state index contributed by atoms with van der Waals surface area (Å²) in [5.41, 5.74) is 1.21. The number of nitrogens with one attached hydrogen (secondary N) is 1. The monoisotopic (exact) mass is 466 g/mol. The van der Waals surface area contributed by atoms with Crippen LogP contribution in [0.2, 0.25) is 0 Å². The Morgan fingerprint density at radius 3 is 2.06 bits per heavy atom. The van der Waals surface area contributed by atoms with Gasteiger partial charge in [-0.15, -0.1) is 0 Å². The molecule has 0 saturated heterocycles. The van der Waals surface area contributed by atoms with Crippen LogP contribution in [0.3, 0.4) is 0 Å². The van der Waals surface area contributed by atoms with E-state index in [9.17, 15) is 9.59 Å². The minimum absolute atomic E-state index is 0.0636. The predicted molar refractivity (Wildman–Crippen MR) is 134 cm³/mol. The maximum atomic E-state index is 14.2. The van der Waals surface area contributed by atoms with Gasteiger partial charge in [0.2, 0.25) is 0 Å². The van der Waals surface area contributed by atoms with Crippen molar-refractivity contribution in [2.75, 3.05) is 6.54 Å². The highest BCUT2D eigenvalue weighted by Gasteiger charge is 2.38. The van der Waals surface area contributed by atoms with Crippen molar-refractivity contribution in [3.8, 4) is 6.07 Å². The van der Waals surface area contributed by atoms with Crippen molar-refractivity contribution in [3.05, 3.63) is 35.4 Å². The summed E-state index contributed by atoms with van der Waals surface area (Å²) in [6.45, 7) is 5.67. The maximum Gasteiger partial charge on any atom is 0.320 e. The van der Waals surface area contributed by atoms with Gasteiger partial charge in [0, 0.05) is 5.92 Å². The van der Waals surface area contributed by atoms with E-state index in [4.69, 9.17) is 10.00 Å². The average Bonchev–Trinajstić information content (AvgIpc) is 2.83. The summed E-state index contributed by atoms with van der Waals surface area (Å²) in [6.07, 6.45) is 12.1. The molecule has 2 saturated carbocycles. The zero-order chi connectivity index (χ0) is 24.6. The zero-order valence-electron chi connectivity index (χ0n) is 21.3. The highest BCUT2D eigenvalue weighted by atomic mass is 16.6. The van der Waals surface area contributed by atoms with Gasteiger partial charge in [0.15, 0.2) is 5.78 Å². The summed E-state index contributed by atoms with van der Waals surface area (Å²) in [5, 5.41) is 12.5. The van der Waals surface area contributed by atoms with Gasteiger partial charge in [-0.25, -0.2) is 0 Å². The molecule has 1 aromatic rings. The number of rotatable bonds is 9. The van der Waals surface area contributed by atoms with Gasteiger partial charge in [-0.2, -0.15) is 5.26 Å². The number of hydrogen-bond acceptors (Lipinski definition) is 5. The lowest BCUT2D eigenvalue weighted by Gasteiger charge is -2.36. The quantitative estimate of drug-likeness (QED) is 0.469. The second-order valence-electron chi connectivity index (χ2n) is 11.3. The Morgan fingerprint density at radius 1 is 0.971 bits per heavy atom. The molecule has 5 heteroatoms. The molecule has 0 radical (unpaired) electrons. The fourth-order valence-corrected chi connectivity index (χ4v) is 5.77. The average molecular weight is 467 g/mol. The van der Waals surface area contributed by atoms with E-state index in [1.54, 1.807) is 0 Å². The molecule has 0 heterocycles. The third-order valence-corrected chi connectivity index (χ3v) is 7.44. The van der Waals surface area contributed by atoms with Crippen LogP contribution in [0.5, 0.6) is 0 Å². The van der Waals surface area contributed by atoms with Crippen LogP contribution in [-0.2, 0) is 20.7 Å². The van der Waals surface area contributed by atoms with Gasteiger partial charge >= 0.3 is 5.97 Å². The number of carbonyl (C=O) groups is 2. The Bertz CT molecular complexity index is 838. The number of hydrogen-bond donors (Lipinski definition) is 1. The number of nitriles is 1. The molecule has 2 unspecified atom stereocenters. The molecule has 0 amide bonds. The van der Waals surface area contributed by atoms with Gasteiger partial charge in [-0.3, -0.25) is 14.9 Å². The number of ether oxygens (including phenoxy) is 1. The Morgan fingerprint density at radius 2 is 1.53 bits per heavy atom. The molecule has 3 rings (SSSR count). The first-order chi connectivity index (χ1) is 16.3. The van der Waals surface area contributed by atoms with Crippen molar-refractivity contribution in [2.45, 2.75) is 103 Å². The molecule has 0 aromatic heterocycles. The van der Waals surface area contributed by atoms with E-state index in [2.05, 4.69) is 11.4 Å². The van der Waals surface area contributed by atoms with E-state index in [-0.39, 0.29) is 36.2 Å². The van der Waals surface area contributed by atoms with Crippen LogP contribution in [0, 0.1) is 29.1 Å². The summed E-state index contributed by atoms with van der Waals surface area (Å²) >= 11 is 0. The van der Waals surface area contributed by atoms with Crippen molar-refractivity contribution >= 4 is 11.8 Å². The summed E-state index contributed by atoms with van der Waals surface area (Å²) in [6, 6.07) is 9.54. The molecule has 0 aliphatic heterocycles. The number of esters is 1. The highest BCUT2D eigenvalue weighted by Crippen LogP contribution is 2.36. The second kappa shape index (κ2) is 12.5. The van der Waals surface area contributed by atoms with Crippen molar-refractivity contribution in [1.29, 1.82) is 5.26 Å². The molecule has 2 atom stereocenters. The first-order valence-corrected chi connectivity index (χ1v) is 13.2. The van der Waals surface area contributed by atoms with Crippen LogP contribution in [0.1, 0.15) is 96.1 Å². The second-order valence-corrected chi connectivity index (χ2v) is 11.3. The van der Waals surface area contributed by atoms with Crippen LogP contribution in [0.4, 0.5) is 0 Å².